The lowest BCUT2D eigenvalue weighted by atomic mass is 9.81. The van der Waals surface area contributed by atoms with Crippen LogP contribution in [0.3, 0.4) is 0 Å². The summed E-state index contributed by atoms with van der Waals surface area (Å²) in [6.45, 7) is 4.46. The second-order valence-corrected chi connectivity index (χ2v) is 14.2. The van der Waals surface area contributed by atoms with Gasteiger partial charge in [-0.05, 0) is 101 Å². The Balaban J connectivity index is 1.25. The van der Waals surface area contributed by atoms with Crippen LogP contribution in [-0.4, -0.2) is 4.57 Å². The van der Waals surface area contributed by atoms with Crippen molar-refractivity contribution in [2.24, 2.45) is 0 Å². The largest absolute Gasteiger partial charge is 0.309 e. The normalized spacial score (nSPS) is 15.5. The average molecular weight is 670 g/mol. The number of benzene rings is 9. The molecule has 1 heterocycles. The Bertz CT molecular complexity index is 3460. The summed E-state index contributed by atoms with van der Waals surface area (Å²) in [6, 6.07) is 40.4. The van der Waals surface area contributed by atoms with E-state index in [-0.39, 0.29) is 75.4 Å². The van der Waals surface area contributed by atoms with Gasteiger partial charge in [0, 0.05) is 22.1 Å². The van der Waals surface area contributed by atoms with Crippen LogP contribution in [0, 0.1) is 0 Å². The molecule has 0 N–H and O–H groups in total. The minimum absolute atomic E-state index is 0.0366. The molecular weight excluding hydrogens is 627 g/mol. The van der Waals surface area contributed by atoms with E-state index in [0.717, 1.165) is 44.5 Å². The molecule has 0 radical (unpaired) electrons. The molecule has 10 aromatic rings. The molecule has 0 bridgehead atoms. The maximum Gasteiger partial charge on any atom is 0.0630 e. The first-order chi connectivity index (χ1) is 28.9. The third-order valence-electron chi connectivity index (χ3n) is 11.0. The van der Waals surface area contributed by atoms with Crippen LogP contribution in [0.4, 0.5) is 0 Å². The van der Waals surface area contributed by atoms with E-state index >= 15 is 0 Å². The lowest BCUT2D eigenvalue weighted by molar-refractivity contribution is 0.666. The average Bonchev–Trinajstić information content (AvgIpc) is 3.73. The van der Waals surface area contributed by atoms with Crippen molar-refractivity contribution >= 4 is 43.2 Å². The van der Waals surface area contributed by atoms with Gasteiger partial charge in [-0.25, -0.2) is 0 Å². The summed E-state index contributed by atoms with van der Waals surface area (Å²) in [5.74, 6) is 0. The third kappa shape index (κ3) is 4.05. The topological polar surface area (TPSA) is 4.93 Å². The lowest BCUT2D eigenvalue weighted by Crippen LogP contribution is -2.14. The van der Waals surface area contributed by atoms with Crippen molar-refractivity contribution in [1.82, 2.24) is 4.57 Å². The number of nitrogens with zero attached hydrogens (tertiary/aromatic N) is 1. The first-order valence-electron chi connectivity index (χ1n) is 21.6. The molecule has 0 atom stereocenters. The summed E-state index contributed by atoms with van der Waals surface area (Å²) in [7, 11) is 0. The molecule has 0 fully saturated rings. The van der Waals surface area contributed by atoms with E-state index in [1.54, 1.807) is 12.1 Å². The Morgan fingerprint density at radius 2 is 1.00 bits per heavy atom. The van der Waals surface area contributed by atoms with Crippen LogP contribution < -0.4 is 0 Å². The fraction of sp³-hybridized carbons (Fsp3) is 0.0588. The molecule has 0 saturated carbocycles. The van der Waals surface area contributed by atoms with Gasteiger partial charge < -0.3 is 4.57 Å². The quantitative estimate of drug-likeness (QED) is 0.164. The van der Waals surface area contributed by atoms with Crippen molar-refractivity contribution in [1.29, 1.82) is 0 Å². The van der Waals surface area contributed by atoms with E-state index in [4.69, 9.17) is 1.37 Å². The minimum Gasteiger partial charge on any atom is -0.309 e. The molecule has 1 aliphatic rings. The van der Waals surface area contributed by atoms with E-state index in [1.165, 1.54) is 5.56 Å². The maximum absolute atomic E-state index is 9.57. The van der Waals surface area contributed by atoms with Gasteiger partial charge in [-0.15, -0.1) is 0 Å². The predicted octanol–water partition coefficient (Wildman–Crippen LogP) is 13.8. The van der Waals surface area contributed by atoms with Crippen LogP contribution in [0.15, 0.2) is 176 Å². The summed E-state index contributed by atoms with van der Waals surface area (Å²) < 4.78 is 77.1. The Morgan fingerprint density at radius 1 is 0.462 bits per heavy atom. The first-order valence-corrected chi connectivity index (χ1v) is 17.6. The first kappa shape index (κ1) is 22.4. The zero-order valence-corrected chi connectivity index (χ0v) is 28.6. The number of hydrogen-bond donors (Lipinski definition) is 0. The summed E-state index contributed by atoms with van der Waals surface area (Å²) in [6.07, 6.45) is 0. The van der Waals surface area contributed by atoms with Gasteiger partial charge in [0.25, 0.3) is 0 Å². The van der Waals surface area contributed by atoms with E-state index in [9.17, 15) is 9.60 Å². The number of hydrogen-bond acceptors (Lipinski definition) is 0. The second-order valence-electron chi connectivity index (χ2n) is 14.2. The highest BCUT2D eigenvalue weighted by Crippen LogP contribution is 2.54. The van der Waals surface area contributed by atoms with E-state index < -0.39 is 5.41 Å². The van der Waals surface area contributed by atoms with E-state index in [0.29, 0.717) is 27.5 Å². The minimum atomic E-state index is -0.406. The predicted molar refractivity (Wildman–Crippen MR) is 221 cm³/mol. The van der Waals surface area contributed by atoms with Crippen molar-refractivity contribution in [3.05, 3.63) is 187 Å². The lowest BCUT2D eigenvalue weighted by Gasteiger charge is -2.21. The fourth-order valence-electron chi connectivity index (χ4n) is 8.63. The van der Waals surface area contributed by atoms with Crippen molar-refractivity contribution in [3.8, 4) is 50.3 Å². The smallest absolute Gasteiger partial charge is 0.0630 e. The van der Waals surface area contributed by atoms with Crippen LogP contribution in [0.1, 0.15) is 35.9 Å². The van der Waals surface area contributed by atoms with Crippen molar-refractivity contribution in [2.45, 2.75) is 19.3 Å². The fourth-order valence-corrected chi connectivity index (χ4v) is 8.63. The van der Waals surface area contributed by atoms with Gasteiger partial charge in [0.05, 0.1) is 22.2 Å². The Kier molecular flexibility index (Phi) is 4.64. The summed E-state index contributed by atoms with van der Waals surface area (Å²) in [5.41, 5.74) is 10.1. The number of rotatable bonds is 4. The van der Waals surface area contributed by atoms with Gasteiger partial charge in [0.15, 0.2) is 0 Å². The molecule has 0 saturated heterocycles. The third-order valence-corrected chi connectivity index (χ3v) is 11.0. The van der Waals surface area contributed by atoms with E-state index in [1.807, 2.05) is 54.6 Å². The molecule has 1 aliphatic carbocycles. The van der Waals surface area contributed by atoms with Crippen molar-refractivity contribution < 1.29 is 11.0 Å². The zero-order valence-electron chi connectivity index (χ0n) is 36.6. The monoisotopic (exact) mass is 669 g/mol. The van der Waals surface area contributed by atoms with E-state index in [2.05, 4.69) is 79.1 Å². The highest BCUT2D eigenvalue weighted by Gasteiger charge is 2.40. The standard InChI is InChI=1S/C51H35N/c1-51(2)45-16-10-9-15-43(45)50-49(51)44-31-37(23-30-46(44)52(50)38-24-17-33(18-25-38)32-11-5-3-6-12-32)40-27-20-36-21-28-41-39(34-13-7-4-8-14-34)26-19-35-22-29-42(40)48(36)47(35)41/h3-31H,1-2H3/i19D,20D,21D,22D,26D,27D,28D,29D. The van der Waals surface area contributed by atoms with Gasteiger partial charge >= 0.3 is 0 Å². The molecule has 1 heteroatoms. The molecule has 0 amide bonds. The van der Waals surface area contributed by atoms with Gasteiger partial charge in [-0.3, -0.25) is 0 Å². The van der Waals surface area contributed by atoms with Crippen molar-refractivity contribution in [2.75, 3.05) is 0 Å². The summed E-state index contributed by atoms with van der Waals surface area (Å²) in [4.78, 5) is 0. The van der Waals surface area contributed by atoms with Crippen LogP contribution in [0.25, 0.3) is 93.5 Å². The number of fused-ring (bicyclic) bond motifs is 5. The Labute approximate surface area is 314 Å². The molecule has 11 rings (SSSR count). The maximum atomic E-state index is 9.57. The van der Waals surface area contributed by atoms with Crippen LogP contribution >= 0.6 is 0 Å². The van der Waals surface area contributed by atoms with Crippen molar-refractivity contribution in [3.63, 3.8) is 0 Å². The molecule has 1 nitrogen and oxygen atoms in total. The van der Waals surface area contributed by atoms with Crippen LogP contribution in [-0.2, 0) is 5.41 Å². The molecule has 0 unspecified atom stereocenters. The Hall–Kier alpha value is -6.44. The molecule has 0 aliphatic heterocycles. The SMILES string of the molecule is [2H]c1c([2H])c2c([2H])c([2H])c3c(-c4ccc5c(c4)c4c(n5-c5ccc(-c6ccccc6)cc5)-c5ccccc5C4(C)C)c([2H])c([2H])c4c([2H])c([2H])c(c1-c1ccccc1)c2c43. The number of aromatic nitrogens is 1. The van der Waals surface area contributed by atoms with Crippen LogP contribution in [0.5, 0.6) is 0 Å². The highest BCUT2D eigenvalue weighted by atomic mass is 15.0. The summed E-state index contributed by atoms with van der Waals surface area (Å²) in [5, 5.41) is 2.11. The molecule has 1 aromatic heterocycles. The van der Waals surface area contributed by atoms with Crippen LogP contribution in [0.2, 0.25) is 0 Å². The molecular formula is C51H35N. The van der Waals surface area contributed by atoms with Gasteiger partial charge in [0.1, 0.15) is 0 Å². The second kappa shape index (κ2) is 10.8. The van der Waals surface area contributed by atoms with Gasteiger partial charge in [-0.1, -0.05) is 165 Å². The summed E-state index contributed by atoms with van der Waals surface area (Å²) >= 11 is 0. The van der Waals surface area contributed by atoms with Gasteiger partial charge in [-0.2, -0.15) is 0 Å². The zero-order chi connectivity index (χ0) is 41.5. The molecule has 0 spiro atoms. The molecule has 244 valence electrons. The Morgan fingerprint density at radius 3 is 1.67 bits per heavy atom. The highest BCUT2D eigenvalue weighted by molar-refractivity contribution is 6.27. The van der Waals surface area contributed by atoms with Gasteiger partial charge in [0.2, 0.25) is 0 Å². The molecule has 52 heavy (non-hydrogen) atoms. The molecule has 9 aromatic carbocycles.